The largest absolute Gasteiger partial charge is 0.0988 e. The minimum atomic E-state index is 0.534. The van der Waals surface area contributed by atoms with Crippen LogP contribution in [0.3, 0.4) is 0 Å². The third-order valence-corrected chi connectivity index (χ3v) is 5.20. The maximum atomic E-state index is 4.05. The molecule has 0 N–H and O–H groups in total. The third-order valence-electron chi connectivity index (χ3n) is 5.20. The molecule has 16 heavy (non-hydrogen) atoms. The van der Waals surface area contributed by atoms with Gasteiger partial charge in [0.05, 0.1) is 0 Å². The molecule has 0 aromatic carbocycles. The molecule has 0 spiro atoms. The van der Waals surface area contributed by atoms with Crippen molar-refractivity contribution in [1.82, 2.24) is 0 Å². The van der Waals surface area contributed by atoms with Crippen LogP contribution < -0.4 is 0 Å². The average molecular weight is 218 g/mol. The van der Waals surface area contributed by atoms with Crippen LogP contribution in [0.25, 0.3) is 0 Å². The number of hydrogen-bond acceptors (Lipinski definition) is 0. The summed E-state index contributed by atoms with van der Waals surface area (Å²) in [7, 11) is 0. The first kappa shape index (κ1) is 12.0. The van der Waals surface area contributed by atoms with E-state index in [-0.39, 0.29) is 0 Å². The third kappa shape index (κ3) is 1.77. The number of rotatable bonds is 1. The molecule has 0 amide bonds. The Morgan fingerprint density at radius 2 is 2.00 bits per heavy atom. The highest BCUT2D eigenvalue weighted by Crippen LogP contribution is 2.54. The Morgan fingerprint density at radius 1 is 1.31 bits per heavy atom. The summed E-state index contributed by atoms with van der Waals surface area (Å²) in [5.74, 6) is 2.52. The molecule has 90 valence electrons. The molecule has 0 aromatic heterocycles. The van der Waals surface area contributed by atoms with Crippen LogP contribution in [-0.4, -0.2) is 0 Å². The first-order chi connectivity index (χ1) is 7.47. The number of allylic oxidation sites excluding steroid dienone is 3. The van der Waals surface area contributed by atoms with Crippen molar-refractivity contribution >= 4 is 0 Å². The first-order valence-electron chi connectivity index (χ1n) is 6.79. The van der Waals surface area contributed by atoms with Gasteiger partial charge in [0.1, 0.15) is 0 Å². The van der Waals surface area contributed by atoms with Gasteiger partial charge in [0.15, 0.2) is 0 Å². The Kier molecular flexibility index (Phi) is 3.03. The van der Waals surface area contributed by atoms with Crippen molar-refractivity contribution in [3.8, 4) is 0 Å². The zero-order chi connectivity index (χ0) is 11.9. The summed E-state index contributed by atoms with van der Waals surface area (Å²) < 4.78 is 0. The normalized spacial score (nSPS) is 38.1. The molecule has 1 fully saturated rings. The summed E-state index contributed by atoms with van der Waals surface area (Å²) in [6, 6.07) is 0. The van der Waals surface area contributed by atoms with E-state index >= 15 is 0 Å². The van der Waals surface area contributed by atoms with Crippen molar-refractivity contribution in [2.24, 2.45) is 23.2 Å². The lowest BCUT2D eigenvalue weighted by Crippen LogP contribution is -2.41. The standard InChI is InChI=1S/C16H26/c1-6-13-11(2)7-8-14-15(13)12(3)9-10-16(14,4)5/h6,12,14-15H,1,7-10H2,2-5H3/t12-,14-,15?/m1/s1. The highest BCUT2D eigenvalue weighted by Gasteiger charge is 2.44. The lowest BCUT2D eigenvalue weighted by atomic mass is 9.54. The van der Waals surface area contributed by atoms with Crippen molar-refractivity contribution in [2.45, 2.75) is 53.4 Å². The summed E-state index contributed by atoms with van der Waals surface area (Å²) >= 11 is 0. The Morgan fingerprint density at radius 3 is 2.62 bits per heavy atom. The summed E-state index contributed by atoms with van der Waals surface area (Å²) in [4.78, 5) is 0. The molecule has 0 aliphatic heterocycles. The fourth-order valence-electron chi connectivity index (χ4n) is 4.05. The van der Waals surface area contributed by atoms with Crippen LogP contribution in [0.4, 0.5) is 0 Å². The van der Waals surface area contributed by atoms with E-state index in [1.807, 2.05) is 0 Å². The highest BCUT2D eigenvalue weighted by atomic mass is 14.5. The van der Waals surface area contributed by atoms with Crippen molar-refractivity contribution in [1.29, 1.82) is 0 Å². The van der Waals surface area contributed by atoms with Gasteiger partial charge in [-0.25, -0.2) is 0 Å². The van der Waals surface area contributed by atoms with Crippen LogP contribution >= 0.6 is 0 Å². The zero-order valence-electron chi connectivity index (χ0n) is 11.3. The van der Waals surface area contributed by atoms with E-state index in [4.69, 9.17) is 0 Å². The van der Waals surface area contributed by atoms with Gasteiger partial charge in [0.2, 0.25) is 0 Å². The lowest BCUT2D eigenvalue weighted by molar-refractivity contribution is 0.0431. The molecule has 2 rings (SSSR count). The smallest absolute Gasteiger partial charge is 0.0103 e. The minimum absolute atomic E-state index is 0.534. The van der Waals surface area contributed by atoms with Crippen molar-refractivity contribution in [3.63, 3.8) is 0 Å². The SMILES string of the molecule is C=CC1=C(C)CC[C@@H]2C1[C@H](C)CCC2(C)C. The highest BCUT2D eigenvalue weighted by molar-refractivity contribution is 5.30. The Hall–Kier alpha value is -0.520. The van der Waals surface area contributed by atoms with Gasteiger partial charge >= 0.3 is 0 Å². The molecule has 0 bridgehead atoms. The molecule has 0 nitrogen and oxygen atoms in total. The fourth-order valence-corrected chi connectivity index (χ4v) is 4.05. The van der Waals surface area contributed by atoms with Gasteiger partial charge < -0.3 is 0 Å². The molecule has 0 saturated heterocycles. The second kappa shape index (κ2) is 4.05. The average Bonchev–Trinajstić information content (AvgIpc) is 2.23. The second-order valence-electron chi connectivity index (χ2n) is 6.62. The Balaban J connectivity index is 2.39. The maximum Gasteiger partial charge on any atom is -0.0103 e. The van der Waals surface area contributed by atoms with Crippen LogP contribution in [-0.2, 0) is 0 Å². The van der Waals surface area contributed by atoms with Gasteiger partial charge in [-0.3, -0.25) is 0 Å². The number of fused-ring (bicyclic) bond motifs is 1. The molecule has 1 unspecified atom stereocenters. The summed E-state index contributed by atoms with van der Waals surface area (Å²) in [5.41, 5.74) is 3.71. The fraction of sp³-hybridized carbons (Fsp3) is 0.750. The molecule has 0 radical (unpaired) electrons. The van der Waals surface area contributed by atoms with Crippen LogP contribution in [0, 0.1) is 23.2 Å². The molecular formula is C16H26. The summed E-state index contributed by atoms with van der Waals surface area (Å²) in [6.45, 7) is 13.7. The van der Waals surface area contributed by atoms with Gasteiger partial charge in [-0.05, 0) is 61.3 Å². The van der Waals surface area contributed by atoms with Crippen molar-refractivity contribution < 1.29 is 0 Å². The van der Waals surface area contributed by atoms with E-state index in [0.29, 0.717) is 5.41 Å². The van der Waals surface area contributed by atoms with Gasteiger partial charge in [0.25, 0.3) is 0 Å². The molecule has 3 atom stereocenters. The molecular weight excluding hydrogens is 192 g/mol. The predicted molar refractivity (Wildman–Crippen MR) is 71.3 cm³/mol. The number of hydrogen-bond donors (Lipinski definition) is 0. The molecule has 2 aliphatic carbocycles. The quantitative estimate of drug-likeness (QED) is 0.583. The zero-order valence-corrected chi connectivity index (χ0v) is 11.3. The van der Waals surface area contributed by atoms with Crippen molar-refractivity contribution in [3.05, 3.63) is 23.8 Å². The van der Waals surface area contributed by atoms with Gasteiger partial charge in [-0.1, -0.05) is 39.0 Å². The van der Waals surface area contributed by atoms with Gasteiger partial charge in [-0.15, -0.1) is 0 Å². The van der Waals surface area contributed by atoms with Crippen molar-refractivity contribution in [2.75, 3.05) is 0 Å². The van der Waals surface area contributed by atoms with E-state index in [0.717, 1.165) is 17.8 Å². The predicted octanol–water partition coefficient (Wildman–Crippen LogP) is 4.97. The molecule has 0 heterocycles. The Labute approximate surface area is 101 Å². The van der Waals surface area contributed by atoms with Crippen LogP contribution in [0.1, 0.15) is 53.4 Å². The van der Waals surface area contributed by atoms with E-state index in [1.165, 1.54) is 25.7 Å². The maximum absolute atomic E-state index is 4.05. The molecule has 0 aromatic rings. The summed E-state index contributed by atoms with van der Waals surface area (Å²) in [5, 5.41) is 0. The van der Waals surface area contributed by atoms with Crippen LogP contribution in [0.15, 0.2) is 23.8 Å². The van der Waals surface area contributed by atoms with E-state index in [1.54, 1.807) is 11.1 Å². The van der Waals surface area contributed by atoms with Gasteiger partial charge in [0, 0.05) is 0 Å². The monoisotopic (exact) mass is 218 g/mol. The first-order valence-corrected chi connectivity index (χ1v) is 6.79. The van der Waals surface area contributed by atoms with E-state index < -0.39 is 0 Å². The van der Waals surface area contributed by atoms with Crippen LogP contribution in [0.2, 0.25) is 0 Å². The van der Waals surface area contributed by atoms with E-state index in [2.05, 4.69) is 40.3 Å². The van der Waals surface area contributed by atoms with E-state index in [9.17, 15) is 0 Å². The minimum Gasteiger partial charge on any atom is -0.0988 e. The topological polar surface area (TPSA) is 0 Å². The second-order valence-corrected chi connectivity index (χ2v) is 6.62. The molecule has 1 saturated carbocycles. The van der Waals surface area contributed by atoms with Crippen LogP contribution in [0.5, 0.6) is 0 Å². The summed E-state index contributed by atoms with van der Waals surface area (Å²) in [6.07, 6.45) is 7.62. The molecule has 0 heteroatoms. The Bertz CT molecular complexity index is 319. The lowest BCUT2D eigenvalue weighted by Gasteiger charge is -2.50. The van der Waals surface area contributed by atoms with Gasteiger partial charge in [-0.2, -0.15) is 0 Å². The molecule has 2 aliphatic rings.